The molecule has 1 unspecified atom stereocenters. The SMILES string of the molecule is CN(C)C(CNc1nc2c(F)c(F)cc(/C(=N/O)Nc3ccc(F)c(Cl)c3)c2[nH]1)c1ccccc1. The van der Waals surface area contributed by atoms with Gasteiger partial charge in [0.05, 0.1) is 16.6 Å². The van der Waals surface area contributed by atoms with E-state index in [1.807, 2.05) is 49.3 Å². The van der Waals surface area contributed by atoms with E-state index in [1.54, 1.807) is 0 Å². The van der Waals surface area contributed by atoms with E-state index in [2.05, 4.69) is 25.8 Å². The van der Waals surface area contributed by atoms with Crippen LogP contribution in [0.2, 0.25) is 5.02 Å². The number of rotatable bonds is 7. The Morgan fingerprint density at radius 2 is 1.86 bits per heavy atom. The molecule has 4 aromatic rings. The van der Waals surface area contributed by atoms with E-state index >= 15 is 0 Å². The van der Waals surface area contributed by atoms with Crippen molar-refractivity contribution in [2.75, 3.05) is 31.3 Å². The number of nitrogens with zero attached hydrogens (tertiary/aromatic N) is 3. The van der Waals surface area contributed by atoms with Crippen LogP contribution < -0.4 is 10.6 Å². The number of likely N-dealkylation sites (N-methyl/N-ethyl adjacent to an activating group) is 1. The number of benzene rings is 3. The van der Waals surface area contributed by atoms with Crippen molar-refractivity contribution in [2.45, 2.75) is 6.04 Å². The summed E-state index contributed by atoms with van der Waals surface area (Å²) in [6, 6.07) is 14.4. The minimum atomic E-state index is -1.18. The van der Waals surface area contributed by atoms with Crippen molar-refractivity contribution in [2.24, 2.45) is 5.16 Å². The molecule has 0 amide bonds. The van der Waals surface area contributed by atoms with Crippen molar-refractivity contribution in [1.82, 2.24) is 14.9 Å². The summed E-state index contributed by atoms with van der Waals surface area (Å²) in [6.07, 6.45) is 0. The van der Waals surface area contributed by atoms with Crippen molar-refractivity contribution < 1.29 is 18.4 Å². The number of oxime groups is 1. The minimum absolute atomic E-state index is 0.00890. The highest BCUT2D eigenvalue weighted by Crippen LogP contribution is 2.27. The second-order valence-corrected chi connectivity index (χ2v) is 8.41. The second kappa shape index (κ2) is 10.2. The predicted molar refractivity (Wildman–Crippen MR) is 131 cm³/mol. The van der Waals surface area contributed by atoms with Crippen LogP contribution in [0.4, 0.5) is 24.8 Å². The van der Waals surface area contributed by atoms with Gasteiger partial charge in [-0.1, -0.05) is 47.1 Å². The molecule has 4 rings (SSSR count). The zero-order valence-electron chi connectivity index (χ0n) is 18.8. The number of aromatic nitrogens is 2. The zero-order chi connectivity index (χ0) is 25.1. The third-order valence-corrected chi connectivity index (χ3v) is 5.76. The van der Waals surface area contributed by atoms with Gasteiger partial charge in [0.2, 0.25) is 5.95 Å². The van der Waals surface area contributed by atoms with E-state index in [4.69, 9.17) is 11.6 Å². The molecule has 0 fully saturated rings. The van der Waals surface area contributed by atoms with Crippen LogP contribution in [0.5, 0.6) is 0 Å². The van der Waals surface area contributed by atoms with Crippen molar-refractivity contribution in [3.8, 4) is 0 Å². The molecule has 182 valence electrons. The van der Waals surface area contributed by atoms with Crippen molar-refractivity contribution >= 4 is 40.1 Å². The van der Waals surface area contributed by atoms with Crippen LogP contribution >= 0.6 is 11.6 Å². The molecule has 1 heterocycles. The molecule has 0 radical (unpaired) electrons. The molecule has 7 nitrogen and oxygen atoms in total. The van der Waals surface area contributed by atoms with Crippen molar-refractivity contribution in [1.29, 1.82) is 0 Å². The minimum Gasteiger partial charge on any atom is -0.409 e. The lowest BCUT2D eigenvalue weighted by Gasteiger charge is -2.25. The summed E-state index contributed by atoms with van der Waals surface area (Å²) in [7, 11) is 3.87. The molecule has 0 saturated heterocycles. The molecular formula is C24H22ClF3N6O. The lowest BCUT2D eigenvalue weighted by Crippen LogP contribution is -2.27. The molecule has 11 heteroatoms. The Balaban J connectivity index is 1.66. The number of amidine groups is 1. The third-order valence-electron chi connectivity index (χ3n) is 5.47. The molecule has 0 aliphatic rings. The van der Waals surface area contributed by atoms with E-state index in [-0.39, 0.29) is 45.1 Å². The number of aromatic amines is 1. The van der Waals surface area contributed by atoms with Crippen LogP contribution in [-0.4, -0.2) is 46.6 Å². The van der Waals surface area contributed by atoms with Gasteiger partial charge in [-0.25, -0.2) is 18.2 Å². The fraction of sp³-hybridized carbons (Fsp3) is 0.167. The first-order valence-corrected chi connectivity index (χ1v) is 10.9. The van der Waals surface area contributed by atoms with E-state index in [0.717, 1.165) is 17.7 Å². The Labute approximate surface area is 204 Å². The first-order chi connectivity index (χ1) is 16.8. The summed E-state index contributed by atoms with van der Waals surface area (Å²) in [5, 5.41) is 18.5. The van der Waals surface area contributed by atoms with Crippen LogP contribution in [0.25, 0.3) is 11.0 Å². The highest BCUT2D eigenvalue weighted by molar-refractivity contribution is 6.31. The summed E-state index contributed by atoms with van der Waals surface area (Å²) in [4.78, 5) is 9.13. The lowest BCUT2D eigenvalue weighted by atomic mass is 10.1. The molecule has 0 saturated carbocycles. The smallest absolute Gasteiger partial charge is 0.201 e. The summed E-state index contributed by atoms with van der Waals surface area (Å²) >= 11 is 5.80. The van der Waals surface area contributed by atoms with Gasteiger partial charge in [-0.15, -0.1) is 0 Å². The van der Waals surface area contributed by atoms with Gasteiger partial charge < -0.3 is 25.7 Å². The summed E-state index contributed by atoms with van der Waals surface area (Å²) < 4.78 is 42.5. The van der Waals surface area contributed by atoms with Gasteiger partial charge in [-0.3, -0.25) is 0 Å². The number of halogens is 4. The highest BCUT2D eigenvalue weighted by atomic mass is 35.5. The maximum absolute atomic E-state index is 14.6. The van der Waals surface area contributed by atoms with E-state index in [0.29, 0.717) is 6.54 Å². The quantitative estimate of drug-likeness (QED) is 0.114. The van der Waals surface area contributed by atoms with Gasteiger partial charge in [0.25, 0.3) is 0 Å². The Bertz CT molecular complexity index is 1380. The Morgan fingerprint density at radius 1 is 1.11 bits per heavy atom. The predicted octanol–water partition coefficient (Wildman–Crippen LogP) is 5.60. The van der Waals surface area contributed by atoms with Gasteiger partial charge in [0.1, 0.15) is 11.3 Å². The fourth-order valence-corrected chi connectivity index (χ4v) is 3.88. The van der Waals surface area contributed by atoms with Gasteiger partial charge in [0.15, 0.2) is 17.5 Å². The molecular weight excluding hydrogens is 481 g/mol. The zero-order valence-corrected chi connectivity index (χ0v) is 19.5. The number of hydrogen-bond acceptors (Lipinski definition) is 5. The lowest BCUT2D eigenvalue weighted by molar-refractivity contribution is 0.311. The molecule has 3 aromatic carbocycles. The first kappa shape index (κ1) is 24.4. The maximum Gasteiger partial charge on any atom is 0.201 e. The molecule has 0 bridgehead atoms. The average molecular weight is 503 g/mol. The third kappa shape index (κ3) is 5.18. The van der Waals surface area contributed by atoms with Crippen LogP contribution in [-0.2, 0) is 0 Å². The van der Waals surface area contributed by atoms with Crippen molar-refractivity contribution in [3.63, 3.8) is 0 Å². The summed E-state index contributed by atoms with van der Waals surface area (Å²) in [6.45, 7) is 0.420. The second-order valence-electron chi connectivity index (χ2n) is 8.00. The van der Waals surface area contributed by atoms with Gasteiger partial charge in [-0.05, 0) is 43.9 Å². The van der Waals surface area contributed by atoms with E-state index < -0.39 is 17.5 Å². The molecule has 0 aliphatic heterocycles. The standard InChI is InChI=1S/C24H22ClF3N6O/c1-34(2)19(13-6-4-3-5-7-13)12-29-24-31-21-15(11-18(27)20(28)22(21)32-24)23(33-35)30-14-8-9-17(26)16(25)10-14/h3-11,19,35H,12H2,1-2H3,(H,30,33)(H2,29,31,32). The number of H-pyrrole nitrogens is 1. The largest absolute Gasteiger partial charge is 0.409 e. The number of fused-ring (bicyclic) bond motifs is 1. The number of nitrogens with one attached hydrogen (secondary N) is 3. The van der Waals surface area contributed by atoms with Crippen LogP contribution in [0.1, 0.15) is 17.2 Å². The summed E-state index contributed by atoms with van der Waals surface area (Å²) in [5.74, 6) is -2.98. The highest BCUT2D eigenvalue weighted by Gasteiger charge is 2.21. The fourth-order valence-electron chi connectivity index (χ4n) is 3.70. The van der Waals surface area contributed by atoms with Crippen LogP contribution in [0.15, 0.2) is 59.8 Å². The number of anilines is 2. The van der Waals surface area contributed by atoms with E-state index in [9.17, 15) is 18.4 Å². The molecule has 4 N–H and O–H groups in total. The van der Waals surface area contributed by atoms with Gasteiger partial charge in [-0.2, -0.15) is 0 Å². The van der Waals surface area contributed by atoms with Gasteiger partial charge >= 0.3 is 0 Å². The van der Waals surface area contributed by atoms with Crippen molar-refractivity contribution in [3.05, 3.63) is 88.2 Å². The monoisotopic (exact) mass is 502 g/mol. The average Bonchev–Trinajstić information content (AvgIpc) is 3.27. The normalized spacial score (nSPS) is 12.8. The maximum atomic E-state index is 14.6. The van der Waals surface area contributed by atoms with Crippen LogP contribution in [0.3, 0.4) is 0 Å². The molecule has 35 heavy (non-hydrogen) atoms. The van der Waals surface area contributed by atoms with E-state index in [1.165, 1.54) is 12.1 Å². The molecule has 1 atom stereocenters. The Hall–Kier alpha value is -3.76. The van der Waals surface area contributed by atoms with Crippen LogP contribution in [0, 0.1) is 17.5 Å². The first-order valence-electron chi connectivity index (χ1n) is 10.6. The molecule has 1 aromatic heterocycles. The number of hydrogen-bond donors (Lipinski definition) is 4. The molecule has 0 spiro atoms. The Morgan fingerprint density at radius 3 is 2.51 bits per heavy atom. The Kier molecular flexibility index (Phi) is 7.13. The molecule has 0 aliphatic carbocycles. The number of imidazole rings is 1. The summed E-state index contributed by atoms with van der Waals surface area (Å²) in [5.41, 5.74) is 1.17. The topological polar surface area (TPSA) is 88.6 Å². The van der Waals surface area contributed by atoms with Gasteiger partial charge in [0, 0.05) is 17.8 Å².